The van der Waals surface area contributed by atoms with Gasteiger partial charge in [0.1, 0.15) is 28.4 Å². The topological polar surface area (TPSA) is 259 Å². The van der Waals surface area contributed by atoms with E-state index in [-0.39, 0.29) is 62.9 Å². The van der Waals surface area contributed by atoms with Crippen LogP contribution in [0.25, 0.3) is 122 Å². The van der Waals surface area contributed by atoms with E-state index in [1.165, 1.54) is 99.4 Å². The number of aromatic carboxylic acids is 2. The molecular formula is C101H87F6N7O10. The van der Waals surface area contributed by atoms with Crippen LogP contribution in [0, 0.1) is 17.5 Å². The molecule has 5 aromatic heterocycles. The Morgan fingerprint density at radius 2 is 1.06 bits per heavy atom. The summed E-state index contributed by atoms with van der Waals surface area (Å²) in [5.74, 6) is -4.51. The van der Waals surface area contributed by atoms with Crippen LogP contribution in [0.1, 0.15) is 153 Å². The molecule has 628 valence electrons. The number of carbonyl (C=O) groups excluding carboxylic acids is 2. The van der Waals surface area contributed by atoms with E-state index in [2.05, 4.69) is 108 Å². The highest BCUT2D eigenvalue weighted by Gasteiger charge is 2.41. The Morgan fingerprint density at radius 3 is 1.69 bits per heavy atom. The zero-order chi connectivity index (χ0) is 86.3. The number of benzene rings is 10. The predicted molar refractivity (Wildman–Crippen MR) is 469 cm³/mol. The minimum Gasteiger partial charge on any atom is -0.507 e. The van der Waals surface area contributed by atoms with Crippen molar-refractivity contribution in [3.8, 4) is 89.9 Å². The number of methoxy groups -OCH3 is 2. The number of pyridine rings is 1. The summed E-state index contributed by atoms with van der Waals surface area (Å²) >= 11 is 0. The van der Waals surface area contributed by atoms with Crippen molar-refractivity contribution in [3.63, 3.8) is 0 Å². The van der Waals surface area contributed by atoms with Gasteiger partial charge >= 0.3 is 30.2 Å². The van der Waals surface area contributed by atoms with Crippen LogP contribution in [0.2, 0.25) is 0 Å². The molecular weight excluding hydrogens is 1590 g/mol. The highest BCUT2D eigenvalue weighted by Crippen LogP contribution is 2.54. The van der Waals surface area contributed by atoms with Gasteiger partial charge < -0.3 is 54.7 Å². The average molecular weight is 1670 g/mol. The number of aromatic hydroxyl groups is 2. The molecule has 6 aliphatic rings. The van der Waals surface area contributed by atoms with E-state index in [0.29, 0.717) is 58.7 Å². The summed E-state index contributed by atoms with van der Waals surface area (Å²) in [6, 6.07) is 52.6. The number of amides is 1. The Morgan fingerprint density at radius 1 is 0.516 bits per heavy atom. The Balaban J connectivity index is 0.000000113. The molecule has 0 spiro atoms. The van der Waals surface area contributed by atoms with E-state index >= 15 is 8.78 Å². The van der Waals surface area contributed by atoms with Crippen molar-refractivity contribution in [2.45, 2.75) is 128 Å². The lowest BCUT2D eigenvalue weighted by molar-refractivity contribution is -0.140. The van der Waals surface area contributed by atoms with Crippen molar-refractivity contribution >= 4 is 79.0 Å². The van der Waals surface area contributed by atoms with E-state index < -0.39 is 41.4 Å². The fourth-order valence-corrected chi connectivity index (χ4v) is 19.5. The van der Waals surface area contributed by atoms with E-state index in [4.69, 9.17) is 4.74 Å². The second-order valence-electron chi connectivity index (χ2n) is 33.3. The molecule has 0 radical (unpaired) electrons. The molecule has 17 nitrogen and oxygen atoms in total. The van der Waals surface area contributed by atoms with E-state index in [1.807, 2.05) is 66.9 Å². The molecule has 21 rings (SSSR count). The van der Waals surface area contributed by atoms with Gasteiger partial charge in [-0.15, -0.1) is 0 Å². The van der Waals surface area contributed by atoms with Crippen molar-refractivity contribution in [2.24, 2.45) is 0 Å². The fraction of sp³-hybridized carbons (Fsp3) is 0.238. The minimum absolute atomic E-state index is 0.0205. The van der Waals surface area contributed by atoms with Crippen LogP contribution in [0.5, 0.6) is 11.5 Å². The summed E-state index contributed by atoms with van der Waals surface area (Å²) in [7, 11) is 2.67. The van der Waals surface area contributed by atoms with E-state index in [0.717, 1.165) is 162 Å². The van der Waals surface area contributed by atoms with E-state index in [1.54, 1.807) is 42.6 Å². The molecule has 9 N–H and O–H groups in total. The number of rotatable bonds is 10. The van der Waals surface area contributed by atoms with Gasteiger partial charge in [-0.3, -0.25) is 15.1 Å². The molecule has 1 amide bonds. The van der Waals surface area contributed by atoms with Crippen molar-refractivity contribution in [2.75, 3.05) is 37.5 Å². The number of H-pyrrole nitrogens is 4. The number of hydrogen-bond acceptors (Lipinski definition) is 10. The summed E-state index contributed by atoms with van der Waals surface area (Å²) < 4.78 is 94.0. The van der Waals surface area contributed by atoms with Gasteiger partial charge in [0, 0.05) is 114 Å². The van der Waals surface area contributed by atoms with Crippen LogP contribution < -0.4 is 10.2 Å². The first-order valence-corrected chi connectivity index (χ1v) is 41.8. The number of phenols is 2. The number of carboxylic acids is 2. The van der Waals surface area contributed by atoms with Gasteiger partial charge in [0.2, 0.25) is 0 Å². The molecule has 23 heteroatoms. The monoisotopic (exact) mass is 1670 g/mol. The van der Waals surface area contributed by atoms with Crippen molar-refractivity contribution < 1.29 is 75.4 Å². The number of alkyl halides is 3. The number of anilines is 2. The number of aromatic nitrogens is 5. The molecule has 6 heterocycles. The van der Waals surface area contributed by atoms with Crippen LogP contribution >= 0.6 is 0 Å². The molecule has 0 bridgehead atoms. The quantitative estimate of drug-likeness (QED) is 0.0458. The Hall–Kier alpha value is -13.8. The second-order valence-corrected chi connectivity index (χ2v) is 33.3. The molecule has 1 aliphatic heterocycles. The molecule has 1 saturated heterocycles. The number of aryl methyl sites for hydroxylation is 6. The number of carbonyl (C=O) groups is 4. The summed E-state index contributed by atoms with van der Waals surface area (Å²) in [5.41, 5.74) is 24.5. The smallest absolute Gasteiger partial charge is 0.419 e. The van der Waals surface area contributed by atoms with Gasteiger partial charge in [-0.05, 0) is 228 Å². The first-order chi connectivity index (χ1) is 59.8. The van der Waals surface area contributed by atoms with Crippen molar-refractivity contribution in [1.82, 2.24) is 24.9 Å². The number of piperidine rings is 1. The molecule has 15 aromatic rings. The minimum atomic E-state index is -4.89. The number of nitrogens with zero attached hydrogens (tertiary/aromatic N) is 2. The van der Waals surface area contributed by atoms with Gasteiger partial charge in [-0.1, -0.05) is 130 Å². The van der Waals surface area contributed by atoms with Gasteiger partial charge in [-0.2, -0.15) is 13.2 Å². The maximum absolute atomic E-state index is 15.9. The number of fused-ring (bicyclic) bond motifs is 20. The van der Waals surface area contributed by atoms with Gasteiger partial charge in [-0.25, -0.2) is 27.6 Å². The maximum atomic E-state index is 15.9. The number of halogens is 6. The Bertz CT molecular complexity index is 6830. The summed E-state index contributed by atoms with van der Waals surface area (Å²) in [5, 5.41) is 45.3. The number of aromatic amines is 4. The standard InChI is InChI=1S/C31H31FN2O2.C25H17F5N2O2.C23H23NO3.C22H16N2O3/c1-31(2)25-17-19(18-26(35)36-3)7-12-23(25)29-27(31)24-14-13-22(28(32)30(24)33-29)20-8-10-21(11-9-20)34-15-5-4-6-16-34;1-34-24(33)31-14-4-6-16-12(10-14)2-5-17-18-8-7-15(21(27)23(18)32-22(16)17)13-3-9-20(26)19(11-13)25(28,29)30;25-21-12-18-15(10-19(21)23(26)27)7-9-17-16-8-6-14(11-20(16)24-22(17)18)13-4-2-1-3-5-13;25-20-10-17-13(8-18(20)22(26)27)4-6-16-15-5-3-12(9-19(15)24-21(16)17)14-2-1-7-23-11-14/h7-14,17,33H,4-6,15-16,18H2,1-3H3;3-4,6-11,32H,2,5H2,1H3,(H,31,33);6,8,10-13,24-25H,1-5,7,9H2,(H,26,27);1-3,5,7-11,24-25H,4,6H2,(H,26,27). The van der Waals surface area contributed by atoms with Crippen LogP contribution in [-0.4, -0.2) is 96.7 Å². The number of ether oxygens (including phenoxy) is 2. The SMILES string of the molecule is COC(=O)Cc1ccc2c(c1)C(C)(C)c1c-2[nH]c2c(F)c(-c3ccc(N4CCCCC4)cc3)ccc12.COC(=O)Nc1ccc2c(c1)CCc1c-2[nH]c2c(F)c(-c3ccc(F)c(C(F)(F)F)c3)ccc12.O=C(O)c1cc2c(cc1O)-c1[nH]c3cc(-c4cccnc4)ccc3c1CC2.O=C(O)c1cc2c(cc1O)-c1[nH]c3cc(C4CCCCC4)ccc3c1CC2. The zero-order valence-corrected chi connectivity index (χ0v) is 68.4. The normalized spacial score (nSPS) is 14.6. The van der Waals surface area contributed by atoms with Crippen LogP contribution in [0.4, 0.5) is 42.5 Å². The molecule has 124 heavy (non-hydrogen) atoms. The maximum Gasteiger partial charge on any atom is 0.419 e. The van der Waals surface area contributed by atoms with Gasteiger partial charge in [0.25, 0.3) is 0 Å². The van der Waals surface area contributed by atoms with Crippen molar-refractivity contribution in [1.29, 1.82) is 0 Å². The summed E-state index contributed by atoms with van der Waals surface area (Å²) in [6.45, 7) is 6.51. The third kappa shape index (κ3) is 15.0. The summed E-state index contributed by atoms with van der Waals surface area (Å²) in [4.78, 5) is 66.1. The highest BCUT2D eigenvalue weighted by molar-refractivity contribution is 6.02. The number of carboxylic acid groups (broad SMARTS) is 2. The first kappa shape index (κ1) is 81.2. The molecule has 1 saturated carbocycles. The lowest BCUT2D eigenvalue weighted by atomic mass is 9.80. The lowest BCUT2D eigenvalue weighted by Crippen LogP contribution is -2.29. The zero-order valence-electron chi connectivity index (χ0n) is 68.4. The second kappa shape index (κ2) is 32.5. The number of nitrogens with one attached hydrogen (secondary N) is 5. The van der Waals surface area contributed by atoms with E-state index in [9.17, 15) is 57.2 Å². The van der Waals surface area contributed by atoms with Crippen LogP contribution in [0.15, 0.2) is 188 Å². The molecule has 5 aliphatic carbocycles. The average Bonchev–Trinajstić information content (AvgIpc) is 1.54. The molecule has 0 unspecified atom stereocenters. The highest BCUT2D eigenvalue weighted by atomic mass is 19.4. The van der Waals surface area contributed by atoms with Gasteiger partial charge in [0.15, 0.2) is 11.6 Å². The largest absolute Gasteiger partial charge is 0.507 e. The number of hydrogen-bond donors (Lipinski definition) is 9. The van der Waals surface area contributed by atoms with Gasteiger partial charge in [0.05, 0.1) is 60.0 Å². The predicted octanol–water partition coefficient (Wildman–Crippen LogP) is 23.8. The third-order valence-electron chi connectivity index (χ3n) is 25.7. The Labute approximate surface area is 708 Å². The first-order valence-electron chi connectivity index (χ1n) is 41.8. The number of esters is 1. The molecule has 0 atom stereocenters. The van der Waals surface area contributed by atoms with Crippen molar-refractivity contribution in [3.05, 3.63) is 278 Å². The fourth-order valence-electron chi connectivity index (χ4n) is 19.5. The third-order valence-corrected chi connectivity index (χ3v) is 25.7. The summed E-state index contributed by atoms with van der Waals surface area (Å²) in [6.07, 6.45) is 13.2. The van der Waals surface area contributed by atoms with Crippen LogP contribution in [0.3, 0.4) is 0 Å². The Kier molecular flexibility index (Phi) is 21.3. The molecule has 10 aromatic carbocycles. The lowest BCUT2D eigenvalue weighted by Gasteiger charge is -2.28. The van der Waals surface area contributed by atoms with Crippen LogP contribution in [-0.2, 0) is 70.8 Å². The molecule has 2 fully saturated rings.